The molecule has 0 radical (unpaired) electrons. The molecule has 0 aromatic carbocycles. The largest absolute Gasteiger partial charge is 0.445 e. The molecule has 6 aliphatic carbocycles. The number of nitrogens with zero attached hydrogens (tertiary/aromatic N) is 2. The van der Waals surface area contributed by atoms with E-state index in [4.69, 9.17) is 27.1 Å². The van der Waals surface area contributed by atoms with Crippen LogP contribution >= 0.6 is 0 Å². The van der Waals surface area contributed by atoms with E-state index >= 15 is 0 Å². The van der Waals surface area contributed by atoms with E-state index in [1.165, 1.54) is 0 Å². The summed E-state index contributed by atoms with van der Waals surface area (Å²) in [5.74, 6) is 5.55. The lowest BCUT2D eigenvalue weighted by Crippen LogP contribution is -2.63. The molecule has 73 heavy (non-hydrogen) atoms. The van der Waals surface area contributed by atoms with Gasteiger partial charge in [-0.15, -0.1) is 24.7 Å². The van der Waals surface area contributed by atoms with Gasteiger partial charge in [-0.05, 0) is 124 Å². The predicted octanol–water partition coefficient (Wildman–Crippen LogP) is 7.44. The van der Waals surface area contributed by atoms with Gasteiger partial charge in [0.1, 0.15) is 23.8 Å². The summed E-state index contributed by atoms with van der Waals surface area (Å²) in [5.41, 5.74) is -3.04. The van der Waals surface area contributed by atoms with Gasteiger partial charge in [0.2, 0.25) is 11.8 Å². The standard InChI is InChI=1S/C30H44N2O5.C29H42N2O5/c1-7-11-28(4)15-23(37-27(35)31-26(34)21-17-32-14-10-20(21)16-32)29(5)18(2)8-12-30(19(3)25(28)33)13-9-22(36-6)24(29)30;1-6-10-27(4)14-22(36-26(35)30-25(34)20-16-31-13-9-19(20)15-31)28(5)17(2)7-11-29(18(3)24(27)33)12-8-21(32)23(28)29/h1,18-24H,8-17H2,2-6H3,(H,31,34,35);1,17-20,22-24,33H,7-16H2,2-5H3,(H,30,34,35)/t18-,19+,20-,21+,22-,23-,24?,28-,29+,30?;17-,18+,19-,20+,22-,23?,24+,27-,28+,29?/m11/s1. The van der Waals surface area contributed by atoms with Crippen molar-refractivity contribution >= 4 is 35.6 Å². The van der Waals surface area contributed by atoms with Crippen LogP contribution in [0.1, 0.15) is 145 Å². The van der Waals surface area contributed by atoms with Crippen molar-refractivity contribution in [1.29, 1.82) is 0 Å². The number of aliphatic hydroxyl groups is 1. The third-order valence-electron chi connectivity index (χ3n) is 23.3. The van der Waals surface area contributed by atoms with E-state index in [1.54, 1.807) is 7.11 Å². The number of ether oxygens (including phenoxy) is 3. The van der Waals surface area contributed by atoms with Gasteiger partial charge < -0.3 is 29.1 Å². The maximum atomic E-state index is 14.1. The lowest BCUT2D eigenvalue weighted by atomic mass is 9.43. The summed E-state index contributed by atoms with van der Waals surface area (Å²) >= 11 is 0. The van der Waals surface area contributed by atoms with E-state index in [2.05, 4.69) is 73.8 Å². The second kappa shape index (κ2) is 19.6. The van der Waals surface area contributed by atoms with Crippen molar-refractivity contribution in [3.63, 3.8) is 0 Å². The molecule has 402 valence electrons. The van der Waals surface area contributed by atoms with Crippen LogP contribution in [0.3, 0.4) is 0 Å². The first-order valence-electron chi connectivity index (χ1n) is 28.1. The van der Waals surface area contributed by atoms with Crippen molar-refractivity contribution in [3.8, 4) is 24.7 Å². The number of carbonyl (C=O) groups is 6. The molecule has 4 amide bonds. The number of ketones is 2. The number of amides is 4. The number of hydrogen-bond acceptors (Lipinski definition) is 12. The van der Waals surface area contributed by atoms with Gasteiger partial charge in [-0.1, -0.05) is 55.4 Å². The number of nitrogens with one attached hydrogen (secondary N) is 2. The highest BCUT2D eigenvalue weighted by molar-refractivity contribution is 5.94. The third-order valence-corrected chi connectivity index (χ3v) is 23.3. The number of Topliss-reactive ketones (excluding diaryl/α,β-unsaturated/α-hetero) is 2. The summed E-state index contributed by atoms with van der Waals surface area (Å²) in [7, 11) is 1.76. The van der Waals surface area contributed by atoms with Crippen LogP contribution in [0.4, 0.5) is 9.59 Å². The predicted molar refractivity (Wildman–Crippen MR) is 274 cm³/mol. The molecule has 4 heterocycles. The average molecular weight is 1010 g/mol. The van der Waals surface area contributed by atoms with Gasteiger partial charge in [0.05, 0.1) is 24.0 Å². The van der Waals surface area contributed by atoms with E-state index in [0.717, 1.165) is 84.0 Å². The van der Waals surface area contributed by atoms with Crippen molar-refractivity contribution in [2.75, 3.05) is 46.4 Å². The van der Waals surface area contributed by atoms with Crippen molar-refractivity contribution < 1.29 is 48.1 Å². The fourth-order valence-electron chi connectivity index (χ4n) is 18.7. The zero-order chi connectivity index (χ0) is 52.8. The smallest absolute Gasteiger partial charge is 0.414 e. The Morgan fingerprint density at radius 1 is 0.699 bits per heavy atom. The fourth-order valence-corrected chi connectivity index (χ4v) is 18.7. The molecule has 0 spiro atoms. The second-order valence-corrected chi connectivity index (χ2v) is 26.6. The highest BCUT2D eigenvalue weighted by Gasteiger charge is 2.70. The fraction of sp³-hybridized carbons (Fsp3) is 0.831. The molecule has 10 aliphatic rings. The Kier molecular flexibility index (Phi) is 14.5. The molecule has 0 aromatic rings. The molecule has 3 N–H and O–H groups in total. The summed E-state index contributed by atoms with van der Waals surface area (Å²) in [6, 6.07) is 0. The van der Waals surface area contributed by atoms with Crippen molar-refractivity contribution in [2.24, 2.45) is 91.7 Å². The Balaban J connectivity index is 0.000000180. The zero-order valence-electron chi connectivity index (χ0n) is 45.4. The van der Waals surface area contributed by atoms with Crippen LogP contribution in [0, 0.1) is 116 Å². The molecular formula is C59H86N4O10. The number of carbonyl (C=O) groups excluding carboxylic acids is 6. The van der Waals surface area contributed by atoms with Gasteiger partial charge >= 0.3 is 12.2 Å². The van der Waals surface area contributed by atoms with Gasteiger partial charge in [-0.25, -0.2) is 9.59 Å². The minimum Gasteiger partial charge on any atom is -0.445 e. The lowest BCUT2D eigenvalue weighted by Gasteiger charge is -2.62. The molecule has 14 heteroatoms. The van der Waals surface area contributed by atoms with Gasteiger partial charge in [-0.2, -0.15) is 0 Å². The normalized spacial score (nSPS) is 49.0. The maximum absolute atomic E-state index is 14.1. The molecule has 10 fully saturated rings. The number of piperidine rings is 2. The van der Waals surface area contributed by atoms with Crippen LogP contribution in [0.5, 0.6) is 0 Å². The molecular weight excluding hydrogens is 925 g/mol. The molecule has 22 atom stereocenters. The van der Waals surface area contributed by atoms with Gasteiger partial charge in [-0.3, -0.25) is 29.8 Å². The average Bonchev–Trinajstić information content (AvgIpc) is 4.24. The Morgan fingerprint density at radius 3 is 1.73 bits per heavy atom. The van der Waals surface area contributed by atoms with Crippen LogP contribution in [0.2, 0.25) is 0 Å². The van der Waals surface area contributed by atoms with E-state index in [0.29, 0.717) is 57.0 Å². The highest BCUT2D eigenvalue weighted by atomic mass is 16.6. The van der Waals surface area contributed by atoms with Gasteiger partial charge in [0.25, 0.3) is 0 Å². The minimum atomic E-state index is -0.803. The summed E-state index contributed by atoms with van der Waals surface area (Å²) < 4.78 is 18.5. The molecule has 6 unspecified atom stereocenters. The van der Waals surface area contributed by atoms with Crippen molar-refractivity contribution in [3.05, 3.63) is 0 Å². The Morgan fingerprint density at radius 2 is 1.22 bits per heavy atom. The van der Waals surface area contributed by atoms with E-state index in [9.17, 15) is 33.9 Å². The van der Waals surface area contributed by atoms with Crippen LogP contribution in [-0.2, 0) is 33.4 Å². The quantitative estimate of drug-likeness (QED) is 0.215. The van der Waals surface area contributed by atoms with Gasteiger partial charge in [0, 0.05) is 92.0 Å². The Labute approximate surface area is 435 Å². The summed E-state index contributed by atoms with van der Waals surface area (Å²) in [5, 5.41) is 16.8. The molecule has 6 saturated carbocycles. The molecule has 10 rings (SSSR count). The first kappa shape index (κ1) is 54.0. The second-order valence-electron chi connectivity index (χ2n) is 26.6. The molecule has 8 bridgehead atoms. The van der Waals surface area contributed by atoms with Crippen molar-refractivity contribution in [1.82, 2.24) is 20.4 Å². The third kappa shape index (κ3) is 8.61. The number of imide groups is 2. The maximum Gasteiger partial charge on any atom is 0.414 e. The number of terminal acetylenes is 2. The SMILES string of the molecule is C#CC[C@]1(C)C[C@@H](OC(=O)NC(=O)[C@H]2CN3CC[C@@H]2C3)[C@@]2(C)C3C(=O)CCC3(CC[C@H]2C)[C@@H](C)[C@@H]1O.C#CC[C@]1(C)C[C@@H](OC(=O)NC(=O)[C@H]2CN3CC[C@@H]2C3)[C@@]2(C)C3[C@H](OC)CCC3(CC[C@H]2C)[C@@H](C)C1=O. The molecule has 0 aromatic heterocycles. The topological polar surface area (TPSA) is 181 Å². The number of methoxy groups -OCH3 is 1. The number of alkyl carbamates (subject to hydrolysis) is 2. The first-order chi connectivity index (χ1) is 34.5. The van der Waals surface area contributed by atoms with Crippen LogP contribution < -0.4 is 10.6 Å². The first-order valence-corrected chi connectivity index (χ1v) is 28.1. The van der Waals surface area contributed by atoms with Crippen molar-refractivity contribution in [2.45, 2.75) is 170 Å². The number of fused-ring (bicyclic) bond motifs is 4. The summed E-state index contributed by atoms with van der Waals surface area (Å²) in [6.45, 7) is 22.1. The Hall–Kier alpha value is -3.82. The zero-order valence-corrected chi connectivity index (χ0v) is 45.4. The number of aliphatic hydroxyl groups excluding tert-OH is 1. The van der Waals surface area contributed by atoms with E-state index < -0.39 is 52.2 Å². The summed E-state index contributed by atoms with van der Waals surface area (Å²) in [4.78, 5) is 84.7. The summed E-state index contributed by atoms with van der Waals surface area (Å²) in [6.07, 6.45) is 18.3. The van der Waals surface area contributed by atoms with Crippen LogP contribution in [0.25, 0.3) is 0 Å². The number of rotatable bonds is 7. The molecule has 4 aliphatic heterocycles. The molecule has 4 saturated heterocycles. The highest BCUT2D eigenvalue weighted by Crippen LogP contribution is 2.70. The van der Waals surface area contributed by atoms with E-state index in [-0.39, 0.29) is 87.7 Å². The number of hydrogen-bond donors (Lipinski definition) is 3. The monoisotopic (exact) mass is 1010 g/mol. The van der Waals surface area contributed by atoms with E-state index in [1.807, 2.05) is 13.8 Å². The van der Waals surface area contributed by atoms with Gasteiger partial charge in [0.15, 0.2) is 0 Å². The molecule has 14 nitrogen and oxygen atoms in total. The van der Waals surface area contributed by atoms with Crippen LogP contribution in [-0.4, -0.2) is 121 Å². The lowest BCUT2D eigenvalue weighted by molar-refractivity contribution is -0.197. The van der Waals surface area contributed by atoms with Crippen LogP contribution in [0.15, 0.2) is 0 Å². The Bertz CT molecular complexity index is 2310. The minimum absolute atomic E-state index is 0.00105.